The van der Waals surface area contributed by atoms with Gasteiger partial charge in [-0.25, -0.2) is 9.78 Å². The molecule has 5 aromatic heterocycles. The number of carboxylic acid groups (broad SMARTS) is 2. The number of nitrogens with zero attached hydrogens (tertiary/aromatic N) is 14. The Hall–Kier alpha value is -14.7. The molecule has 0 spiro atoms. The van der Waals surface area contributed by atoms with E-state index >= 15 is 0 Å². The maximum absolute atomic E-state index is 10.1. The van der Waals surface area contributed by atoms with E-state index in [1.807, 2.05) is 267 Å². The number of aromatic carboxylic acids is 1. The van der Waals surface area contributed by atoms with Crippen molar-refractivity contribution >= 4 is 11.9 Å². The van der Waals surface area contributed by atoms with Crippen LogP contribution in [0.3, 0.4) is 0 Å². The van der Waals surface area contributed by atoms with E-state index in [1.165, 1.54) is 26.5 Å². The quantitative estimate of drug-likeness (QED) is 0.0305. The number of pyridine rings is 1. The molecule has 4 radical (unpaired) electrons. The Balaban J connectivity index is 0.000000228. The van der Waals surface area contributed by atoms with E-state index in [0.717, 1.165) is 154 Å². The summed E-state index contributed by atoms with van der Waals surface area (Å²) >= 11 is 0. The Morgan fingerprint density at radius 1 is 0.348 bits per heavy atom. The summed E-state index contributed by atoms with van der Waals surface area (Å²) in [6, 6.07) is 126. The van der Waals surface area contributed by atoms with Crippen molar-refractivity contribution in [1.82, 2.24) is 44.9 Å². The fourth-order valence-electron chi connectivity index (χ4n) is 13.3. The van der Waals surface area contributed by atoms with Gasteiger partial charge in [-0.05, 0) is 109 Å². The first-order chi connectivity index (χ1) is 66.8. The molecule has 0 saturated carbocycles. The second-order valence-electron chi connectivity index (χ2n) is 30.1. The van der Waals surface area contributed by atoms with Gasteiger partial charge < -0.3 is 65.4 Å². The second-order valence-corrected chi connectivity index (χ2v) is 30.1. The van der Waals surface area contributed by atoms with Crippen LogP contribution in [0.15, 0.2) is 365 Å². The van der Waals surface area contributed by atoms with Crippen LogP contribution in [0.4, 0.5) is 0 Å². The van der Waals surface area contributed by atoms with Crippen LogP contribution in [0.5, 0.6) is 0 Å². The van der Waals surface area contributed by atoms with Gasteiger partial charge >= 0.3 is 5.97 Å². The van der Waals surface area contributed by atoms with E-state index in [-0.39, 0.29) is 105 Å². The molecule has 1 aliphatic heterocycles. The van der Waals surface area contributed by atoms with Gasteiger partial charge in [0.1, 0.15) is 5.69 Å². The first-order valence-electron chi connectivity index (χ1n) is 43.3. The Bertz CT molecular complexity index is 6080. The zero-order valence-electron chi connectivity index (χ0n) is 76.5. The standard InChI is InChI=1S/4C23H14N3.C6H5NO2.C5H8NO2.C5H12O4.C5H12O2.4Ir/c4*24-15-17-11-13-18(14-12-17)21-16-25-22(19-7-3-1-4-8-19)23(26-21)20-9-5-2-6-10-20;8-6(9)5-3-1-2-4-7-5;7-5(8)4-2-1-3-6-4;1-8-4(6)3-5(7)9-2;1-4(6)3-5(2)7;;;;/h4*1-7,9-14,16H;1-4H,(H,8,9);4H,1-3H2,(H,7,8);4-7H,3H2,1-2H3;4-7H,3H2,1-2H3;;;;/q4*-1;;-1;;;;;;. The number of hydrogen-bond donors (Lipinski definition) is 6. The van der Waals surface area contributed by atoms with Crippen LogP contribution in [0.1, 0.15) is 72.3 Å². The molecule has 5 unspecified atom stereocenters. The zero-order valence-corrected chi connectivity index (χ0v) is 86.1. The first-order valence-corrected chi connectivity index (χ1v) is 43.3. The van der Waals surface area contributed by atoms with Gasteiger partial charge in [0.15, 0.2) is 12.6 Å². The van der Waals surface area contributed by atoms with Crippen LogP contribution in [0, 0.1) is 69.6 Å². The fourth-order valence-corrected chi connectivity index (χ4v) is 13.3. The normalized spacial score (nSPS) is 11.8. The van der Waals surface area contributed by atoms with Crippen molar-refractivity contribution in [3.63, 3.8) is 0 Å². The number of carboxylic acids is 2. The number of aromatic nitrogens is 9. The molecule has 716 valence electrons. The van der Waals surface area contributed by atoms with Crippen LogP contribution in [-0.4, -0.2) is 139 Å². The number of ether oxygens (including phenoxy) is 2. The van der Waals surface area contributed by atoms with E-state index in [9.17, 15) is 9.59 Å². The number of carbonyl (C=O) groups is 2. The molecule has 1 fully saturated rings. The van der Waals surface area contributed by atoms with E-state index in [2.05, 4.69) is 88.3 Å². The third-order valence-corrected chi connectivity index (χ3v) is 20.2. The monoisotopic (exact) mass is 2580 g/mol. The first kappa shape index (κ1) is 113. The SMILES string of the molecule is CC(O)CC(C)O.COC(O)CC(O)OC.N#Cc1ccc(-c2cnc(-c3[c-]cccc3)c(-c3ccccc3)n2)cc1.N#Cc1ccc(-c2cnc(-c3[c-]cccc3)c(-c3ccccc3)n2)cc1.N#Cc1ccc(-c2cnc(-c3[c-]cccc3)c(-c3ccccc3)n2)cc1.N#Cc1ccc(-c2cnc(-c3[c-]cccc3)c(-c3ccccc3)n2)cc1.O=C(O)C1CCC[N-]1.O=C(O)c1ccccn1.[Ir].[Ir].[Ir].[Ir]. The molecule has 17 aromatic rings. The summed E-state index contributed by atoms with van der Waals surface area (Å²) < 4.78 is 8.88. The van der Waals surface area contributed by atoms with E-state index < -0.39 is 30.6 Å². The molecule has 18 rings (SSSR count). The third-order valence-electron chi connectivity index (χ3n) is 20.2. The molecule has 28 heteroatoms. The molecule has 1 aliphatic rings. The summed E-state index contributed by atoms with van der Waals surface area (Å²) in [5.74, 6) is -1.77. The predicted octanol–water partition coefficient (Wildman–Crippen LogP) is 21.4. The minimum atomic E-state index is -0.990. The maximum Gasteiger partial charge on any atom is 0.354 e. The molecule has 0 aliphatic carbocycles. The molecule has 141 heavy (non-hydrogen) atoms. The number of aliphatic carboxylic acids is 1. The van der Waals surface area contributed by atoms with Gasteiger partial charge in [0.2, 0.25) is 0 Å². The van der Waals surface area contributed by atoms with E-state index in [1.54, 1.807) is 99.3 Å². The van der Waals surface area contributed by atoms with Crippen molar-refractivity contribution in [2.45, 2.75) is 70.4 Å². The van der Waals surface area contributed by atoms with Crippen molar-refractivity contribution in [2.24, 2.45) is 0 Å². The Morgan fingerprint density at radius 2 is 0.610 bits per heavy atom. The largest absolute Gasteiger partial charge is 0.650 e. The average molecular weight is 2580 g/mol. The number of nitriles is 4. The van der Waals surface area contributed by atoms with Crippen molar-refractivity contribution in [1.29, 1.82) is 21.0 Å². The Labute approximate surface area is 873 Å². The molecule has 24 nitrogen and oxygen atoms in total. The van der Waals surface area contributed by atoms with Crippen LogP contribution >= 0.6 is 0 Å². The fraction of sp³-hybridized carbons (Fsp3) is 0.124. The van der Waals surface area contributed by atoms with Crippen LogP contribution in [0.2, 0.25) is 0 Å². The van der Waals surface area contributed by atoms with Gasteiger partial charge in [0.05, 0.1) is 104 Å². The molecular formula is C113H93Ir4N14O10-5. The van der Waals surface area contributed by atoms with Gasteiger partial charge in [-0.1, -0.05) is 189 Å². The van der Waals surface area contributed by atoms with Crippen molar-refractivity contribution in [3.05, 3.63) is 422 Å². The van der Waals surface area contributed by atoms with Gasteiger partial charge in [0.25, 0.3) is 5.97 Å². The van der Waals surface area contributed by atoms with Gasteiger partial charge in [-0.2, -0.15) is 21.0 Å². The number of methoxy groups -OCH3 is 2. The summed E-state index contributed by atoms with van der Waals surface area (Å²) in [5, 5.41) is 90.9. The molecule has 6 heterocycles. The average Bonchev–Trinajstić information content (AvgIpc) is 0.978. The van der Waals surface area contributed by atoms with E-state index in [0.29, 0.717) is 28.7 Å². The number of aliphatic hydroxyl groups excluding tert-OH is 4. The topological polar surface area (TPSA) is 399 Å². The molecule has 1 saturated heterocycles. The van der Waals surface area contributed by atoms with Crippen molar-refractivity contribution in [2.75, 3.05) is 20.8 Å². The van der Waals surface area contributed by atoms with Gasteiger partial charge in [-0.3, -0.25) is 24.7 Å². The summed E-state index contributed by atoms with van der Waals surface area (Å²) in [6.45, 7) is 4.05. The molecule has 0 amide bonds. The molecule has 5 atom stereocenters. The minimum absolute atomic E-state index is 0. The molecule has 12 aromatic carbocycles. The van der Waals surface area contributed by atoms with Crippen molar-refractivity contribution in [3.8, 4) is 159 Å². The number of hydrogen-bond acceptors (Lipinski definition) is 21. The van der Waals surface area contributed by atoms with E-state index in [4.69, 9.17) is 71.6 Å². The maximum atomic E-state index is 10.1. The van der Waals surface area contributed by atoms with Crippen molar-refractivity contribution < 1.29 is 130 Å². The summed E-state index contributed by atoms with van der Waals surface area (Å²) in [5.41, 5.74) is 23.5. The summed E-state index contributed by atoms with van der Waals surface area (Å²) in [4.78, 5) is 62.1. The smallest absolute Gasteiger partial charge is 0.354 e. The molecule has 0 bridgehead atoms. The van der Waals surface area contributed by atoms with Gasteiger partial charge in [-0.15, -0.1) is 150 Å². The minimum Gasteiger partial charge on any atom is -0.650 e. The molecule has 6 N–H and O–H groups in total. The van der Waals surface area contributed by atoms with Crippen LogP contribution < -0.4 is 0 Å². The van der Waals surface area contributed by atoms with Crippen LogP contribution in [0.25, 0.3) is 140 Å². The Kier molecular flexibility index (Phi) is 49.0. The number of benzene rings is 12. The number of rotatable bonds is 20. The van der Waals surface area contributed by atoms with Gasteiger partial charge in [0, 0.05) is 177 Å². The van der Waals surface area contributed by atoms with Crippen LogP contribution in [-0.2, 0) is 94.7 Å². The Morgan fingerprint density at radius 3 is 0.787 bits per heavy atom. The third kappa shape index (κ3) is 35.3. The number of aliphatic hydroxyl groups is 4. The summed E-state index contributed by atoms with van der Waals surface area (Å²) in [6.07, 6.45) is 8.10. The zero-order chi connectivity index (χ0) is 96.9. The summed E-state index contributed by atoms with van der Waals surface area (Å²) in [7, 11) is 2.71. The molecular weight excluding hydrogens is 2480 g/mol. The second kappa shape index (κ2) is 60.9. The predicted molar refractivity (Wildman–Crippen MR) is 526 cm³/mol.